The third-order valence-corrected chi connectivity index (χ3v) is 3.76. The van der Waals surface area contributed by atoms with Gasteiger partial charge in [-0.3, -0.25) is 9.38 Å². The summed E-state index contributed by atoms with van der Waals surface area (Å²) >= 11 is 0. The highest BCUT2D eigenvalue weighted by Crippen LogP contribution is 2.31. The molecule has 19 heavy (non-hydrogen) atoms. The van der Waals surface area contributed by atoms with Crippen molar-refractivity contribution in [2.24, 2.45) is 0 Å². The Labute approximate surface area is 110 Å². The summed E-state index contributed by atoms with van der Waals surface area (Å²) in [6.07, 6.45) is 5.72. The minimum atomic E-state index is 0.976. The van der Waals surface area contributed by atoms with Gasteiger partial charge in [0.15, 0.2) is 0 Å². The second-order valence-corrected chi connectivity index (χ2v) is 4.94. The van der Waals surface area contributed by atoms with Crippen LogP contribution in [0.5, 0.6) is 0 Å². The molecular weight excluding hydrogens is 234 g/mol. The van der Waals surface area contributed by atoms with Crippen LogP contribution >= 0.6 is 0 Å². The van der Waals surface area contributed by atoms with E-state index in [1.807, 2.05) is 24.7 Å². The number of benzene rings is 1. The van der Waals surface area contributed by atoms with Crippen LogP contribution in [0.1, 0.15) is 11.1 Å². The quantitative estimate of drug-likeness (QED) is 0.444. The maximum absolute atomic E-state index is 4.59. The average molecular weight is 247 g/mol. The van der Waals surface area contributed by atoms with Gasteiger partial charge in [0, 0.05) is 29.4 Å². The molecule has 0 fully saturated rings. The van der Waals surface area contributed by atoms with Crippen LogP contribution in [-0.4, -0.2) is 14.4 Å². The molecule has 3 aromatic heterocycles. The molecular formula is C16H13N3. The third kappa shape index (κ3) is 1.27. The Morgan fingerprint density at radius 3 is 2.68 bits per heavy atom. The van der Waals surface area contributed by atoms with E-state index in [9.17, 15) is 0 Å². The fourth-order valence-electron chi connectivity index (χ4n) is 2.87. The van der Waals surface area contributed by atoms with Crippen molar-refractivity contribution in [3.05, 3.63) is 54.0 Å². The number of aryl methyl sites for hydroxylation is 2. The lowest BCUT2D eigenvalue weighted by Crippen LogP contribution is -1.96. The van der Waals surface area contributed by atoms with Crippen LogP contribution in [-0.2, 0) is 0 Å². The number of imidazole rings is 1. The van der Waals surface area contributed by atoms with E-state index in [1.165, 1.54) is 22.0 Å². The van der Waals surface area contributed by atoms with Crippen LogP contribution in [0.3, 0.4) is 0 Å². The van der Waals surface area contributed by atoms with Gasteiger partial charge in [0.2, 0.25) is 0 Å². The van der Waals surface area contributed by atoms with Crippen molar-refractivity contribution in [2.75, 3.05) is 0 Å². The van der Waals surface area contributed by atoms with Crippen LogP contribution in [0, 0.1) is 13.8 Å². The van der Waals surface area contributed by atoms with Gasteiger partial charge in [0.05, 0.1) is 11.0 Å². The number of aromatic nitrogens is 3. The zero-order valence-corrected chi connectivity index (χ0v) is 10.9. The van der Waals surface area contributed by atoms with E-state index in [0.29, 0.717) is 0 Å². The van der Waals surface area contributed by atoms with E-state index in [4.69, 9.17) is 0 Å². The molecule has 0 radical (unpaired) electrons. The SMILES string of the molecule is Cc1ccc(C)c2c1c1ncccc1c1nccn12. The summed E-state index contributed by atoms with van der Waals surface area (Å²) in [4.78, 5) is 9.08. The van der Waals surface area contributed by atoms with Crippen LogP contribution in [0.15, 0.2) is 42.9 Å². The molecule has 0 saturated carbocycles. The number of nitrogens with zero attached hydrogens (tertiary/aromatic N) is 3. The zero-order chi connectivity index (χ0) is 13.0. The van der Waals surface area contributed by atoms with E-state index in [-0.39, 0.29) is 0 Å². The lowest BCUT2D eigenvalue weighted by Gasteiger charge is -2.11. The van der Waals surface area contributed by atoms with Crippen LogP contribution in [0.4, 0.5) is 0 Å². The topological polar surface area (TPSA) is 30.2 Å². The van der Waals surface area contributed by atoms with Crippen molar-refractivity contribution in [3.63, 3.8) is 0 Å². The first-order chi connectivity index (χ1) is 9.27. The summed E-state index contributed by atoms with van der Waals surface area (Å²) in [5.74, 6) is 0. The highest BCUT2D eigenvalue weighted by Gasteiger charge is 2.12. The molecule has 0 aliphatic carbocycles. The second-order valence-electron chi connectivity index (χ2n) is 4.94. The molecule has 3 nitrogen and oxygen atoms in total. The molecule has 0 atom stereocenters. The molecule has 4 rings (SSSR count). The van der Waals surface area contributed by atoms with Crippen molar-refractivity contribution in [2.45, 2.75) is 13.8 Å². The summed E-state index contributed by atoms with van der Waals surface area (Å²) in [5, 5.41) is 2.33. The maximum Gasteiger partial charge on any atom is 0.146 e. The maximum atomic E-state index is 4.59. The third-order valence-electron chi connectivity index (χ3n) is 3.76. The van der Waals surface area contributed by atoms with Crippen molar-refractivity contribution < 1.29 is 0 Å². The first-order valence-electron chi connectivity index (χ1n) is 6.37. The molecule has 0 aliphatic heterocycles. The summed E-state index contributed by atoms with van der Waals surface area (Å²) in [6.45, 7) is 4.27. The van der Waals surface area contributed by atoms with Gasteiger partial charge in [-0.05, 0) is 37.1 Å². The van der Waals surface area contributed by atoms with Gasteiger partial charge in [-0.15, -0.1) is 0 Å². The van der Waals surface area contributed by atoms with Gasteiger partial charge in [-0.25, -0.2) is 4.98 Å². The Bertz CT molecular complexity index is 935. The first-order valence-corrected chi connectivity index (χ1v) is 6.37. The molecule has 0 saturated heterocycles. The Morgan fingerprint density at radius 1 is 0.947 bits per heavy atom. The minimum Gasteiger partial charge on any atom is -0.299 e. The van der Waals surface area contributed by atoms with Gasteiger partial charge in [0.1, 0.15) is 5.65 Å². The Balaban J connectivity index is 2.50. The van der Waals surface area contributed by atoms with Gasteiger partial charge in [-0.1, -0.05) is 12.1 Å². The number of hydrogen-bond donors (Lipinski definition) is 0. The van der Waals surface area contributed by atoms with E-state index in [2.05, 4.69) is 46.4 Å². The van der Waals surface area contributed by atoms with Crippen LogP contribution < -0.4 is 0 Å². The number of hydrogen-bond acceptors (Lipinski definition) is 2. The van der Waals surface area contributed by atoms with Crippen molar-refractivity contribution >= 4 is 27.5 Å². The van der Waals surface area contributed by atoms with E-state index >= 15 is 0 Å². The fourth-order valence-corrected chi connectivity index (χ4v) is 2.87. The molecule has 0 N–H and O–H groups in total. The normalized spacial score (nSPS) is 11.7. The van der Waals surface area contributed by atoms with Gasteiger partial charge in [-0.2, -0.15) is 0 Å². The highest BCUT2D eigenvalue weighted by molar-refractivity contribution is 6.11. The minimum absolute atomic E-state index is 0.976. The fraction of sp³-hybridized carbons (Fsp3) is 0.125. The van der Waals surface area contributed by atoms with Crippen molar-refractivity contribution in [1.29, 1.82) is 0 Å². The molecule has 0 spiro atoms. The molecule has 0 bridgehead atoms. The van der Waals surface area contributed by atoms with E-state index < -0.39 is 0 Å². The Hall–Kier alpha value is -2.42. The standard InChI is InChI=1S/C16H13N3/c1-10-5-6-11(2)15-13(10)14-12(4-3-7-17-14)16-18-8-9-19(15)16/h3-9H,1-2H3. The Kier molecular flexibility index (Phi) is 1.96. The zero-order valence-electron chi connectivity index (χ0n) is 10.9. The molecule has 0 amide bonds. The predicted octanol–water partition coefficient (Wildman–Crippen LogP) is 3.65. The Morgan fingerprint density at radius 2 is 1.79 bits per heavy atom. The first kappa shape index (κ1) is 10.5. The summed E-state index contributed by atoms with van der Waals surface area (Å²) in [5.41, 5.74) is 5.72. The van der Waals surface area contributed by atoms with Gasteiger partial charge in [0.25, 0.3) is 0 Å². The summed E-state index contributed by atoms with van der Waals surface area (Å²) in [6, 6.07) is 8.38. The molecule has 1 aromatic carbocycles. The smallest absolute Gasteiger partial charge is 0.146 e. The average Bonchev–Trinajstić information content (AvgIpc) is 2.91. The number of rotatable bonds is 0. The second kappa shape index (κ2) is 3.54. The van der Waals surface area contributed by atoms with Crippen LogP contribution in [0.2, 0.25) is 0 Å². The van der Waals surface area contributed by atoms with E-state index in [1.54, 1.807) is 0 Å². The number of fused-ring (bicyclic) bond motifs is 6. The van der Waals surface area contributed by atoms with Gasteiger partial charge >= 0.3 is 0 Å². The number of pyridine rings is 2. The van der Waals surface area contributed by atoms with Gasteiger partial charge < -0.3 is 0 Å². The van der Waals surface area contributed by atoms with Crippen molar-refractivity contribution in [3.8, 4) is 0 Å². The predicted molar refractivity (Wildman–Crippen MR) is 77.5 cm³/mol. The summed E-state index contributed by atoms with van der Waals surface area (Å²) in [7, 11) is 0. The molecule has 92 valence electrons. The molecule has 0 aliphatic rings. The summed E-state index contributed by atoms with van der Waals surface area (Å²) < 4.78 is 2.17. The van der Waals surface area contributed by atoms with E-state index in [0.717, 1.165) is 16.6 Å². The molecule has 4 aromatic rings. The largest absolute Gasteiger partial charge is 0.299 e. The van der Waals surface area contributed by atoms with Crippen molar-refractivity contribution in [1.82, 2.24) is 14.4 Å². The lowest BCUT2D eigenvalue weighted by atomic mass is 10.0. The highest BCUT2D eigenvalue weighted by atomic mass is 15.0. The monoisotopic (exact) mass is 247 g/mol. The molecule has 3 heteroatoms. The van der Waals surface area contributed by atoms with Crippen LogP contribution in [0.25, 0.3) is 27.5 Å². The molecule has 0 unspecified atom stereocenters. The lowest BCUT2D eigenvalue weighted by molar-refractivity contribution is 1.24. The molecule has 3 heterocycles.